The van der Waals surface area contributed by atoms with Gasteiger partial charge in [-0.2, -0.15) is 0 Å². The topological polar surface area (TPSA) is 95.1 Å². The number of carbonyl (C=O) groups is 1. The normalized spacial score (nSPS) is 13.5. The van der Waals surface area contributed by atoms with Gasteiger partial charge in [-0.1, -0.05) is 0 Å². The molecule has 0 aromatic carbocycles. The van der Waals surface area contributed by atoms with Crippen molar-refractivity contribution in [2.24, 2.45) is 0 Å². The van der Waals surface area contributed by atoms with Gasteiger partial charge in [-0.3, -0.25) is 4.79 Å². The molecule has 13 heavy (non-hydrogen) atoms. The van der Waals surface area contributed by atoms with Crippen LogP contribution in [-0.2, 0) is 6.42 Å². The van der Waals surface area contributed by atoms with Crippen LogP contribution in [0.1, 0.15) is 16.2 Å². The lowest BCUT2D eigenvalue weighted by molar-refractivity contribution is 0.0683. The molecule has 1 aliphatic rings. The standard InChI is InChI=1S/C7H7N3O3/c11-6-3-1-2-8-4(3)9-5(10-6)7(12)13/h1-2H2,(H,12,13)(H2,8,9,10,11). The highest BCUT2D eigenvalue weighted by atomic mass is 16.4. The number of H-pyrrole nitrogens is 1. The maximum absolute atomic E-state index is 11.2. The van der Waals surface area contributed by atoms with Crippen molar-refractivity contribution in [1.29, 1.82) is 0 Å². The molecule has 0 bridgehead atoms. The molecule has 0 unspecified atom stereocenters. The summed E-state index contributed by atoms with van der Waals surface area (Å²) in [5.74, 6) is -1.16. The molecule has 6 heteroatoms. The largest absolute Gasteiger partial charge is 0.475 e. The van der Waals surface area contributed by atoms with E-state index in [0.717, 1.165) is 0 Å². The lowest BCUT2D eigenvalue weighted by Crippen LogP contribution is -2.18. The van der Waals surface area contributed by atoms with Crippen molar-refractivity contribution in [3.63, 3.8) is 0 Å². The molecule has 2 heterocycles. The summed E-state index contributed by atoms with van der Waals surface area (Å²) in [7, 11) is 0. The van der Waals surface area contributed by atoms with Crippen LogP contribution in [-0.4, -0.2) is 27.6 Å². The number of nitrogens with one attached hydrogen (secondary N) is 2. The van der Waals surface area contributed by atoms with Crippen molar-refractivity contribution in [1.82, 2.24) is 9.97 Å². The second-order valence-electron chi connectivity index (χ2n) is 2.72. The second-order valence-corrected chi connectivity index (χ2v) is 2.72. The van der Waals surface area contributed by atoms with Gasteiger partial charge in [0.25, 0.3) is 5.56 Å². The van der Waals surface area contributed by atoms with Gasteiger partial charge in [0.15, 0.2) is 0 Å². The molecular formula is C7H7N3O3. The number of fused-ring (bicyclic) bond motifs is 1. The van der Waals surface area contributed by atoms with Crippen LogP contribution in [0.2, 0.25) is 0 Å². The zero-order chi connectivity index (χ0) is 9.42. The fraction of sp³-hybridized carbons (Fsp3) is 0.286. The van der Waals surface area contributed by atoms with Crippen LogP contribution < -0.4 is 10.9 Å². The summed E-state index contributed by atoms with van der Waals surface area (Å²) in [5.41, 5.74) is 0.164. The van der Waals surface area contributed by atoms with E-state index in [1.54, 1.807) is 0 Å². The number of aromatic nitrogens is 2. The summed E-state index contributed by atoms with van der Waals surface area (Å²) >= 11 is 0. The van der Waals surface area contributed by atoms with Gasteiger partial charge >= 0.3 is 5.97 Å². The Hall–Kier alpha value is -1.85. The molecule has 0 atom stereocenters. The number of aromatic carboxylic acids is 1. The smallest absolute Gasteiger partial charge is 0.372 e. The van der Waals surface area contributed by atoms with Crippen molar-refractivity contribution >= 4 is 11.8 Å². The van der Waals surface area contributed by atoms with Crippen molar-refractivity contribution < 1.29 is 9.90 Å². The van der Waals surface area contributed by atoms with Gasteiger partial charge in [-0.05, 0) is 6.42 Å². The van der Waals surface area contributed by atoms with Crippen LogP contribution in [0, 0.1) is 0 Å². The molecule has 0 spiro atoms. The molecule has 1 aliphatic heterocycles. The summed E-state index contributed by atoms with van der Waals surface area (Å²) in [4.78, 5) is 27.7. The van der Waals surface area contributed by atoms with Gasteiger partial charge in [0, 0.05) is 6.54 Å². The number of rotatable bonds is 1. The number of nitrogens with zero attached hydrogens (tertiary/aromatic N) is 1. The third-order valence-corrected chi connectivity index (χ3v) is 1.89. The highest BCUT2D eigenvalue weighted by Crippen LogP contribution is 2.13. The van der Waals surface area contributed by atoms with Gasteiger partial charge < -0.3 is 15.4 Å². The predicted molar refractivity (Wildman–Crippen MR) is 44.0 cm³/mol. The van der Waals surface area contributed by atoms with Crippen molar-refractivity contribution in [2.75, 3.05) is 11.9 Å². The molecule has 2 rings (SSSR count). The lowest BCUT2D eigenvalue weighted by Gasteiger charge is -1.98. The molecule has 0 fully saturated rings. The molecule has 3 N–H and O–H groups in total. The minimum atomic E-state index is -1.23. The van der Waals surface area contributed by atoms with Crippen molar-refractivity contribution in [2.45, 2.75) is 6.42 Å². The highest BCUT2D eigenvalue weighted by Gasteiger charge is 2.18. The first-order valence-electron chi connectivity index (χ1n) is 3.79. The fourth-order valence-corrected chi connectivity index (χ4v) is 1.28. The van der Waals surface area contributed by atoms with Gasteiger partial charge in [-0.25, -0.2) is 9.78 Å². The first-order valence-corrected chi connectivity index (χ1v) is 3.79. The van der Waals surface area contributed by atoms with E-state index in [1.165, 1.54) is 0 Å². The Morgan fingerprint density at radius 3 is 3.00 bits per heavy atom. The number of hydrogen-bond acceptors (Lipinski definition) is 4. The lowest BCUT2D eigenvalue weighted by atomic mass is 10.3. The highest BCUT2D eigenvalue weighted by molar-refractivity contribution is 5.83. The zero-order valence-electron chi connectivity index (χ0n) is 6.63. The van der Waals surface area contributed by atoms with E-state index in [2.05, 4.69) is 15.3 Å². The molecule has 0 aliphatic carbocycles. The molecule has 0 radical (unpaired) electrons. The van der Waals surface area contributed by atoms with Crippen LogP contribution >= 0.6 is 0 Å². The minimum absolute atomic E-state index is 0.321. The molecule has 0 saturated heterocycles. The summed E-state index contributed by atoms with van der Waals surface area (Å²) < 4.78 is 0. The molecule has 68 valence electrons. The molecular weight excluding hydrogens is 174 g/mol. The van der Waals surface area contributed by atoms with Crippen LogP contribution in [0.25, 0.3) is 0 Å². The summed E-state index contributed by atoms with van der Waals surface area (Å²) in [6.07, 6.45) is 0.595. The minimum Gasteiger partial charge on any atom is -0.475 e. The quantitative estimate of drug-likeness (QED) is 0.539. The average Bonchev–Trinajstić information content (AvgIpc) is 2.51. The van der Waals surface area contributed by atoms with Crippen LogP contribution in [0.3, 0.4) is 0 Å². The molecule has 0 amide bonds. The molecule has 1 aromatic rings. The van der Waals surface area contributed by atoms with Crippen LogP contribution in [0.5, 0.6) is 0 Å². The van der Waals surface area contributed by atoms with E-state index < -0.39 is 5.97 Å². The Kier molecular flexibility index (Phi) is 1.54. The van der Waals surface area contributed by atoms with E-state index in [0.29, 0.717) is 24.3 Å². The number of carboxylic acid groups (broad SMARTS) is 1. The van der Waals surface area contributed by atoms with E-state index in [4.69, 9.17) is 5.11 Å². The van der Waals surface area contributed by atoms with Crippen LogP contribution in [0.15, 0.2) is 4.79 Å². The Morgan fingerprint density at radius 2 is 2.31 bits per heavy atom. The monoisotopic (exact) mass is 181 g/mol. The number of anilines is 1. The molecule has 1 aromatic heterocycles. The SMILES string of the molecule is O=C(O)c1nc2c(c(=O)[nH]1)CCN2. The summed E-state index contributed by atoms with van der Waals surface area (Å²) in [6, 6.07) is 0. The Balaban J connectivity index is 2.62. The maximum atomic E-state index is 11.2. The molecule has 0 saturated carbocycles. The summed E-state index contributed by atoms with van der Waals surface area (Å²) in [6.45, 7) is 0.633. The van der Waals surface area contributed by atoms with Crippen LogP contribution in [0.4, 0.5) is 5.82 Å². The first kappa shape index (κ1) is 7.78. The van der Waals surface area contributed by atoms with E-state index in [-0.39, 0.29) is 11.4 Å². The number of aromatic amines is 1. The van der Waals surface area contributed by atoms with Crippen molar-refractivity contribution in [3.05, 3.63) is 21.7 Å². The summed E-state index contributed by atoms with van der Waals surface area (Å²) in [5, 5.41) is 11.4. The van der Waals surface area contributed by atoms with E-state index >= 15 is 0 Å². The predicted octanol–water partition coefficient (Wildman–Crippen LogP) is -0.564. The zero-order valence-corrected chi connectivity index (χ0v) is 6.63. The Morgan fingerprint density at radius 1 is 1.54 bits per heavy atom. The second kappa shape index (κ2) is 2.58. The van der Waals surface area contributed by atoms with E-state index in [1.807, 2.05) is 0 Å². The third kappa shape index (κ3) is 1.16. The number of carboxylic acids is 1. The Bertz CT molecular complexity index is 423. The number of hydrogen-bond donors (Lipinski definition) is 3. The third-order valence-electron chi connectivity index (χ3n) is 1.89. The van der Waals surface area contributed by atoms with E-state index in [9.17, 15) is 9.59 Å². The van der Waals surface area contributed by atoms with Gasteiger partial charge in [0.2, 0.25) is 5.82 Å². The Labute approximate surface area is 72.6 Å². The fourth-order valence-electron chi connectivity index (χ4n) is 1.28. The van der Waals surface area contributed by atoms with Gasteiger partial charge in [-0.15, -0.1) is 0 Å². The average molecular weight is 181 g/mol. The van der Waals surface area contributed by atoms with Gasteiger partial charge in [0.1, 0.15) is 5.82 Å². The first-order chi connectivity index (χ1) is 6.18. The maximum Gasteiger partial charge on any atom is 0.372 e. The van der Waals surface area contributed by atoms with Crippen molar-refractivity contribution in [3.8, 4) is 0 Å². The molecule has 6 nitrogen and oxygen atoms in total. The van der Waals surface area contributed by atoms with Gasteiger partial charge in [0.05, 0.1) is 5.56 Å².